The van der Waals surface area contributed by atoms with E-state index >= 15 is 0 Å². The molecule has 0 spiro atoms. The van der Waals surface area contributed by atoms with Gasteiger partial charge in [-0.15, -0.1) is 0 Å². The molecule has 0 unspecified atom stereocenters. The molecule has 1 amide bonds. The zero-order valence-electron chi connectivity index (χ0n) is 14.5. The molecule has 3 aromatic rings. The summed E-state index contributed by atoms with van der Waals surface area (Å²) in [5.74, 6) is 0.437. The van der Waals surface area contributed by atoms with Gasteiger partial charge in [0.05, 0.1) is 42.2 Å². The highest BCUT2D eigenvalue weighted by molar-refractivity contribution is 6.36. The number of hydrogen-bond donors (Lipinski definition) is 1. The predicted octanol–water partition coefficient (Wildman–Crippen LogP) is 3.36. The number of nitrogens with zero attached hydrogens (tertiary/aromatic N) is 2. The van der Waals surface area contributed by atoms with Crippen molar-refractivity contribution in [3.8, 4) is 11.5 Å². The van der Waals surface area contributed by atoms with E-state index in [1.807, 2.05) is 0 Å². The van der Waals surface area contributed by atoms with Crippen LogP contribution in [0.5, 0.6) is 11.5 Å². The van der Waals surface area contributed by atoms with Crippen LogP contribution >= 0.6 is 23.2 Å². The molecule has 0 saturated heterocycles. The number of amides is 1. The Bertz CT molecular complexity index is 1080. The maximum absolute atomic E-state index is 12.7. The molecule has 140 valence electrons. The molecule has 0 bridgehead atoms. The van der Waals surface area contributed by atoms with Gasteiger partial charge in [-0.3, -0.25) is 14.2 Å². The van der Waals surface area contributed by atoms with Crippen molar-refractivity contribution in [1.82, 2.24) is 9.55 Å². The summed E-state index contributed by atoms with van der Waals surface area (Å²) in [4.78, 5) is 29.2. The third kappa shape index (κ3) is 3.99. The molecule has 0 radical (unpaired) electrons. The SMILES string of the molecule is COc1cc2ncn(CC(=O)Nc3ccc(Cl)cc3Cl)c(=O)c2cc1OC. The minimum atomic E-state index is -0.428. The molecule has 0 aliphatic heterocycles. The number of methoxy groups -OCH3 is 2. The highest BCUT2D eigenvalue weighted by Gasteiger charge is 2.13. The van der Waals surface area contributed by atoms with Gasteiger partial charge in [0.2, 0.25) is 5.91 Å². The maximum Gasteiger partial charge on any atom is 0.261 e. The summed E-state index contributed by atoms with van der Waals surface area (Å²) in [6, 6.07) is 7.84. The average Bonchev–Trinajstić information content (AvgIpc) is 2.65. The average molecular weight is 408 g/mol. The van der Waals surface area contributed by atoms with Gasteiger partial charge in [-0.25, -0.2) is 4.98 Å². The topological polar surface area (TPSA) is 82.5 Å². The van der Waals surface area contributed by atoms with Gasteiger partial charge in [0.25, 0.3) is 5.56 Å². The molecule has 9 heteroatoms. The zero-order valence-corrected chi connectivity index (χ0v) is 16.0. The predicted molar refractivity (Wildman–Crippen MR) is 104 cm³/mol. The molecule has 0 aliphatic rings. The molecule has 27 heavy (non-hydrogen) atoms. The number of rotatable bonds is 5. The van der Waals surface area contributed by atoms with Crippen molar-refractivity contribution in [2.75, 3.05) is 19.5 Å². The first-order valence-electron chi connectivity index (χ1n) is 7.79. The third-order valence-corrected chi connectivity index (χ3v) is 4.40. The van der Waals surface area contributed by atoms with Crippen LogP contribution in [0.3, 0.4) is 0 Å². The molecule has 1 N–H and O–H groups in total. The quantitative estimate of drug-likeness (QED) is 0.700. The van der Waals surface area contributed by atoms with Crippen molar-refractivity contribution < 1.29 is 14.3 Å². The van der Waals surface area contributed by atoms with Crippen LogP contribution in [0.2, 0.25) is 10.0 Å². The number of nitrogens with one attached hydrogen (secondary N) is 1. The molecular weight excluding hydrogens is 393 g/mol. The second kappa shape index (κ2) is 7.85. The second-order valence-electron chi connectivity index (χ2n) is 5.57. The summed E-state index contributed by atoms with van der Waals surface area (Å²) in [6.07, 6.45) is 1.31. The van der Waals surface area contributed by atoms with Gasteiger partial charge in [-0.05, 0) is 24.3 Å². The number of carbonyl (C=O) groups is 1. The summed E-state index contributed by atoms with van der Waals surface area (Å²) in [5.41, 5.74) is 0.465. The van der Waals surface area contributed by atoms with Gasteiger partial charge < -0.3 is 14.8 Å². The fourth-order valence-electron chi connectivity index (χ4n) is 2.53. The summed E-state index contributed by atoms with van der Waals surface area (Å²) in [7, 11) is 2.97. The van der Waals surface area contributed by atoms with E-state index in [0.717, 1.165) is 0 Å². The van der Waals surface area contributed by atoms with Crippen LogP contribution in [0.4, 0.5) is 5.69 Å². The fourth-order valence-corrected chi connectivity index (χ4v) is 2.99. The van der Waals surface area contributed by atoms with Gasteiger partial charge in [0, 0.05) is 11.1 Å². The summed E-state index contributed by atoms with van der Waals surface area (Å²) < 4.78 is 11.6. The lowest BCUT2D eigenvalue weighted by Crippen LogP contribution is -2.28. The Morgan fingerprint density at radius 3 is 2.52 bits per heavy atom. The van der Waals surface area contributed by atoms with E-state index in [0.29, 0.717) is 38.1 Å². The van der Waals surface area contributed by atoms with E-state index in [4.69, 9.17) is 32.7 Å². The largest absolute Gasteiger partial charge is 0.493 e. The highest BCUT2D eigenvalue weighted by Crippen LogP contribution is 2.30. The van der Waals surface area contributed by atoms with E-state index in [9.17, 15) is 9.59 Å². The standard InChI is InChI=1S/C18H15Cl2N3O4/c1-26-15-6-11-14(7-16(15)27-2)21-9-23(18(11)25)8-17(24)22-13-4-3-10(19)5-12(13)20/h3-7,9H,8H2,1-2H3,(H,22,24). The van der Waals surface area contributed by atoms with E-state index < -0.39 is 5.91 Å². The molecule has 1 aromatic heterocycles. The van der Waals surface area contributed by atoms with Crippen molar-refractivity contribution in [3.05, 3.63) is 57.1 Å². The van der Waals surface area contributed by atoms with Crippen molar-refractivity contribution >= 4 is 45.7 Å². The highest BCUT2D eigenvalue weighted by atomic mass is 35.5. The Labute approximate surface area is 164 Å². The number of ether oxygens (including phenoxy) is 2. The number of halogens is 2. The van der Waals surface area contributed by atoms with Crippen LogP contribution in [-0.4, -0.2) is 29.7 Å². The Kier molecular flexibility index (Phi) is 5.53. The van der Waals surface area contributed by atoms with Crippen molar-refractivity contribution in [3.63, 3.8) is 0 Å². The molecule has 2 aromatic carbocycles. The Hall–Kier alpha value is -2.77. The van der Waals surface area contributed by atoms with Gasteiger partial charge in [0.1, 0.15) is 6.54 Å². The van der Waals surface area contributed by atoms with Crippen LogP contribution < -0.4 is 20.3 Å². The zero-order chi connectivity index (χ0) is 19.6. The van der Waals surface area contributed by atoms with Crippen LogP contribution in [0, 0.1) is 0 Å². The number of aromatic nitrogens is 2. The second-order valence-corrected chi connectivity index (χ2v) is 6.42. The molecule has 3 rings (SSSR count). The summed E-state index contributed by atoms with van der Waals surface area (Å²) >= 11 is 11.9. The summed E-state index contributed by atoms with van der Waals surface area (Å²) in [5, 5.41) is 3.71. The lowest BCUT2D eigenvalue weighted by molar-refractivity contribution is -0.116. The summed E-state index contributed by atoms with van der Waals surface area (Å²) in [6.45, 7) is -0.227. The lowest BCUT2D eigenvalue weighted by atomic mass is 10.2. The molecular formula is C18H15Cl2N3O4. The van der Waals surface area contributed by atoms with Crippen LogP contribution in [0.25, 0.3) is 10.9 Å². The lowest BCUT2D eigenvalue weighted by Gasteiger charge is -2.11. The normalized spacial score (nSPS) is 10.7. The van der Waals surface area contributed by atoms with Crippen LogP contribution in [-0.2, 0) is 11.3 Å². The van der Waals surface area contributed by atoms with Crippen molar-refractivity contribution in [2.45, 2.75) is 6.54 Å². The third-order valence-electron chi connectivity index (χ3n) is 3.85. The molecule has 1 heterocycles. The number of benzene rings is 2. The van der Waals surface area contributed by atoms with Crippen LogP contribution in [0.1, 0.15) is 0 Å². The van der Waals surface area contributed by atoms with E-state index in [-0.39, 0.29) is 12.1 Å². The molecule has 0 aliphatic carbocycles. The Morgan fingerprint density at radius 1 is 1.15 bits per heavy atom. The maximum atomic E-state index is 12.7. The molecule has 0 saturated carbocycles. The fraction of sp³-hybridized carbons (Fsp3) is 0.167. The minimum Gasteiger partial charge on any atom is -0.493 e. The minimum absolute atomic E-state index is 0.227. The number of anilines is 1. The van der Waals surface area contributed by atoms with Crippen molar-refractivity contribution in [2.24, 2.45) is 0 Å². The Balaban J connectivity index is 1.89. The van der Waals surface area contributed by atoms with Gasteiger partial charge in [-0.1, -0.05) is 23.2 Å². The first-order chi connectivity index (χ1) is 12.9. The number of carbonyl (C=O) groups excluding carboxylic acids is 1. The number of hydrogen-bond acceptors (Lipinski definition) is 5. The van der Waals surface area contributed by atoms with Gasteiger partial charge in [-0.2, -0.15) is 0 Å². The molecule has 0 atom stereocenters. The molecule has 7 nitrogen and oxygen atoms in total. The number of fused-ring (bicyclic) bond motifs is 1. The van der Waals surface area contributed by atoms with Crippen LogP contribution in [0.15, 0.2) is 41.5 Å². The van der Waals surface area contributed by atoms with E-state index in [1.54, 1.807) is 18.2 Å². The monoisotopic (exact) mass is 407 g/mol. The first kappa shape index (κ1) is 19.0. The van der Waals surface area contributed by atoms with Gasteiger partial charge in [0.15, 0.2) is 11.5 Å². The Morgan fingerprint density at radius 2 is 1.85 bits per heavy atom. The van der Waals surface area contributed by atoms with E-state index in [2.05, 4.69) is 10.3 Å². The smallest absolute Gasteiger partial charge is 0.261 e. The van der Waals surface area contributed by atoms with E-state index in [1.165, 1.54) is 37.2 Å². The van der Waals surface area contributed by atoms with Gasteiger partial charge >= 0.3 is 0 Å². The first-order valence-corrected chi connectivity index (χ1v) is 8.54. The molecule has 0 fully saturated rings. The van der Waals surface area contributed by atoms with Crippen molar-refractivity contribution in [1.29, 1.82) is 0 Å².